The molecule has 17 heavy (non-hydrogen) atoms. The van der Waals surface area contributed by atoms with E-state index in [0.29, 0.717) is 25.3 Å². The SMILES string of the molecule is O=c1[nH]n(-c2cccc(F)c2)c2c1CCOC2. The first-order valence-corrected chi connectivity index (χ1v) is 5.42. The number of halogens is 1. The molecule has 4 nitrogen and oxygen atoms in total. The molecule has 0 aliphatic carbocycles. The van der Waals surface area contributed by atoms with Crippen molar-refractivity contribution in [2.24, 2.45) is 0 Å². The first kappa shape index (κ1) is 10.3. The van der Waals surface area contributed by atoms with E-state index in [-0.39, 0.29) is 11.4 Å². The highest BCUT2D eigenvalue weighted by molar-refractivity contribution is 5.35. The maximum Gasteiger partial charge on any atom is 0.268 e. The Labute approximate surface area is 96.6 Å². The third-order valence-corrected chi connectivity index (χ3v) is 2.91. The Morgan fingerprint density at radius 2 is 2.29 bits per heavy atom. The van der Waals surface area contributed by atoms with Crippen LogP contribution in [0.3, 0.4) is 0 Å². The van der Waals surface area contributed by atoms with Crippen LogP contribution >= 0.6 is 0 Å². The van der Waals surface area contributed by atoms with Crippen molar-refractivity contribution in [1.29, 1.82) is 0 Å². The highest BCUT2D eigenvalue weighted by Gasteiger charge is 2.19. The van der Waals surface area contributed by atoms with Crippen LogP contribution in [0.5, 0.6) is 0 Å². The van der Waals surface area contributed by atoms with Gasteiger partial charge in [-0.3, -0.25) is 14.6 Å². The predicted molar refractivity (Wildman–Crippen MR) is 59.7 cm³/mol. The first-order valence-electron chi connectivity index (χ1n) is 5.42. The lowest BCUT2D eigenvalue weighted by Crippen LogP contribution is -2.15. The quantitative estimate of drug-likeness (QED) is 0.810. The second-order valence-electron chi connectivity index (χ2n) is 3.98. The van der Waals surface area contributed by atoms with Crippen LogP contribution in [-0.4, -0.2) is 16.4 Å². The lowest BCUT2D eigenvalue weighted by atomic mass is 10.1. The van der Waals surface area contributed by atoms with E-state index < -0.39 is 0 Å². The van der Waals surface area contributed by atoms with Gasteiger partial charge in [-0.2, -0.15) is 0 Å². The van der Waals surface area contributed by atoms with E-state index in [1.165, 1.54) is 12.1 Å². The Hall–Kier alpha value is -1.88. The van der Waals surface area contributed by atoms with Crippen LogP contribution < -0.4 is 5.56 Å². The molecular formula is C12H11FN2O2. The molecule has 0 bridgehead atoms. The molecule has 1 aliphatic heterocycles. The van der Waals surface area contributed by atoms with Gasteiger partial charge in [-0.15, -0.1) is 0 Å². The van der Waals surface area contributed by atoms with E-state index in [4.69, 9.17) is 4.74 Å². The summed E-state index contributed by atoms with van der Waals surface area (Å²) in [7, 11) is 0. The van der Waals surface area contributed by atoms with E-state index in [1.54, 1.807) is 16.8 Å². The molecule has 1 aromatic heterocycles. The van der Waals surface area contributed by atoms with E-state index in [9.17, 15) is 9.18 Å². The number of hydrogen-bond donors (Lipinski definition) is 1. The zero-order chi connectivity index (χ0) is 11.8. The Morgan fingerprint density at radius 1 is 1.41 bits per heavy atom. The molecule has 1 aromatic carbocycles. The van der Waals surface area contributed by atoms with Crippen molar-refractivity contribution in [2.45, 2.75) is 13.0 Å². The largest absolute Gasteiger partial charge is 0.375 e. The van der Waals surface area contributed by atoms with Crippen molar-refractivity contribution >= 4 is 0 Å². The molecule has 0 saturated heterocycles. The van der Waals surface area contributed by atoms with Crippen molar-refractivity contribution < 1.29 is 9.13 Å². The molecule has 0 fully saturated rings. The molecule has 1 aliphatic rings. The number of nitrogens with one attached hydrogen (secondary N) is 1. The third-order valence-electron chi connectivity index (χ3n) is 2.91. The smallest absolute Gasteiger partial charge is 0.268 e. The molecule has 2 heterocycles. The Kier molecular flexibility index (Phi) is 2.33. The number of H-pyrrole nitrogens is 1. The number of nitrogens with zero attached hydrogens (tertiary/aromatic N) is 1. The number of ether oxygens (including phenoxy) is 1. The molecule has 0 radical (unpaired) electrons. The predicted octanol–water partition coefficient (Wildman–Crippen LogP) is 1.38. The van der Waals surface area contributed by atoms with Gasteiger partial charge < -0.3 is 4.74 Å². The summed E-state index contributed by atoms with van der Waals surface area (Å²) in [6, 6.07) is 6.10. The van der Waals surface area contributed by atoms with Gasteiger partial charge in [0.15, 0.2) is 0 Å². The van der Waals surface area contributed by atoms with Crippen LogP contribution in [0, 0.1) is 5.82 Å². The highest BCUT2D eigenvalue weighted by Crippen LogP contribution is 2.17. The van der Waals surface area contributed by atoms with Crippen molar-refractivity contribution in [1.82, 2.24) is 9.78 Å². The van der Waals surface area contributed by atoms with Gasteiger partial charge in [0.2, 0.25) is 0 Å². The molecule has 0 spiro atoms. The number of benzene rings is 1. The molecule has 0 saturated carbocycles. The summed E-state index contributed by atoms with van der Waals surface area (Å²) in [5.74, 6) is -0.331. The number of rotatable bonds is 1. The summed E-state index contributed by atoms with van der Waals surface area (Å²) < 4.78 is 20.1. The summed E-state index contributed by atoms with van der Waals surface area (Å²) in [5.41, 5.74) is 2.01. The fourth-order valence-electron chi connectivity index (χ4n) is 2.09. The van der Waals surface area contributed by atoms with Crippen molar-refractivity contribution in [3.63, 3.8) is 0 Å². The van der Waals surface area contributed by atoms with Crippen LogP contribution in [0.25, 0.3) is 5.69 Å². The lowest BCUT2D eigenvalue weighted by Gasteiger charge is -2.14. The molecule has 1 N–H and O–H groups in total. The van der Waals surface area contributed by atoms with Gasteiger partial charge in [-0.05, 0) is 18.2 Å². The minimum absolute atomic E-state index is 0.118. The fraction of sp³-hybridized carbons (Fsp3) is 0.250. The summed E-state index contributed by atoms with van der Waals surface area (Å²) in [4.78, 5) is 11.7. The van der Waals surface area contributed by atoms with E-state index in [0.717, 1.165) is 11.3 Å². The van der Waals surface area contributed by atoms with Crippen molar-refractivity contribution in [3.8, 4) is 5.69 Å². The molecule has 0 unspecified atom stereocenters. The summed E-state index contributed by atoms with van der Waals surface area (Å²) >= 11 is 0. The van der Waals surface area contributed by atoms with E-state index in [1.807, 2.05) is 0 Å². The third kappa shape index (κ3) is 1.68. The van der Waals surface area contributed by atoms with Gasteiger partial charge in [0, 0.05) is 12.0 Å². The number of aromatic nitrogens is 2. The zero-order valence-corrected chi connectivity index (χ0v) is 9.07. The number of fused-ring (bicyclic) bond motifs is 1. The van der Waals surface area contributed by atoms with Gasteiger partial charge in [-0.25, -0.2) is 4.39 Å². The Balaban J connectivity index is 2.18. The van der Waals surface area contributed by atoms with Gasteiger partial charge in [0.05, 0.1) is 24.6 Å². The average Bonchev–Trinajstić information content (AvgIpc) is 2.68. The monoisotopic (exact) mass is 234 g/mol. The first-order chi connectivity index (χ1) is 8.25. The molecular weight excluding hydrogens is 223 g/mol. The second-order valence-corrected chi connectivity index (χ2v) is 3.98. The van der Waals surface area contributed by atoms with Crippen molar-refractivity contribution in [3.05, 3.63) is 51.7 Å². The minimum Gasteiger partial charge on any atom is -0.375 e. The van der Waals surface area contributed by atoms with Gasteiger partial charge in [-0.1, -0.05) is 6.07 Å². The molecule has 88 valence electrons. The van der Waals surface area contributed by atoms with Crippen LogP contribution in [-0.2, 0) is 17.8 Å². The molecule has 0 amide bonds. The maximum absolute atomic E-state index is 13.2. The van der Waals surface area contributed by atoms with Crippen LogP contribution in [0.15, 0.2) is 29.1 Å². The molecule has 5 heteroatoms. The maximum atomic E-state index is 13.2. The summed E-state index contributed by atoms with van der Waals surface area (Å²) in [6.07, 6.45) is 0.604. The summed E-state index contributed by atoms with van der Waals surface area (Å²) in [5, 5.41) is 2.71. The number of hydrogen-bond acceptors (Lipinski definition) is 2. The van der Waals surface area contributed by atoms with Crippen LogP contribution in [0.4, 0.5) is 4.39 Å². The normalized spacial score (nSPS) is 14.6. The summed E-state index contributed by atoms with van der Waals surface area (Å²) in [6.45, 7) is 0.938. The van der Waals surface area contributed by atoms with Crippen molar-refractivity contribution in [2.75, 3.05) is 6.61 Å². The minimum atomic E-state index is -0.331. The Morgan fingerprint density at radius 3 is 3.12 bits per heavy atom. The van der Waals surface area contributed by atoms with Crippen LogP contribution in [0.1, 0.15) is 11.3 Å². The lowest BCUT2D eigenvalue weighted by molar-refractivity contribution is 0.106. The topological polar surface area (TPSA) is 47.0 Å². The molecule has 2 aromatic rings. The van der Waals surface area contributed by atoms with Gasteiger partial charge >= 0.3 is 0 Å². The van der Waals surface area contributed by atoms with Gasteiger partial charge in [0.25, 0.3) is 5.56 Å². The number of aromatic amines is 1. The fourth-order valence-corrected chi connectivity index (χ4v) is 2.09. The second kappa shape index (κ2) is 3.85. The van der Waals surface area contributed by atoms with Gasteiger partial charge in [0.1, 0.15) is 5.82 Å². The average molecular weight is 234 g/mol. The molecule has 3 rings (SSSR count). The standard InChI is InChI=1S/C12H11FN2O2/c13-8-2-1-3-9(6-8)15-11-7-17-5-4-10(11)12(16)14-15/h1-3,6H,4-5,7H2,(H,14,16). The highest BCUT2D eigenvalue weighted by atomic mass is 19.1. The van der Waals surface area contributed by atoms with E-state index in [2.05, 4.69) is 5.10 Å². The zero-order valence-electron chi connectivity index (χ0n) is 9.07. The van der Waals surface area contributed by atoms with Crippen LogP contribution in [0.2, 0.25) is 0 Å². The Bertz CT molecular complexity index is 615. The molecule has 0 atom stereocenters. The van der Waals surface area contributed by atoms with E-state index >= 15 is 0 Å².